The zero-order valence-electron chi connectivity index (χ0n) is 15.8. The highest BCUT2D eigenvalue weighted by Crippen LogP contribution is 2.31. The van der Waals surface area contributed by atoms with Crippen molar-refractivity contribution in [2.24, 2.45) is 0 Å². The SMILES string of the molecule is COCC(NC1CCN(c2ncnc3sc(C)cc23)CC1)c1ccccn1. The van der Waals surface area contributed by atoms with Gasteiger partial charge in [-0.05, 0) is 38.0 Å². The van der Waals surface area contributed by atoms with E-state index < -0.39 is 0 Å². The molecule has 4 rings (SSSR count). The molecule has 1 fully saturated rings. The van der Waals surface area contributed by atoms with Crippen molar-refractivity contribution in [2.75, 3.05) is 31.7 Å². The van der Waals surface area contributed by atoms with Crippen LogP contribution in [0.25, 0.3) is 10.2 Å². The van der Waals surface area contributed by atoms with E-state index in [1.165, 1.54) is 10.3 Å². The Balaban J connectivity index is 1.42. The van der Waals surface area contributed by atoms with Gasteiger partial charge in [-0.1, -0.05) is 6.07 Å². The minimum atomic E-state index is 0.123. The lowest BCUT2D eigenvalue weighted by atomic mass is 10.0. The maximum Gasteiger partial charge on any atom is 0.140 e. The van der Waals surface area contributed by atoms with E-state index in [0.717, 1.165) is 42.3 Å². The third-order valence-corrected chi connectivity index (χ3v) is 6.00. The average Bonchev–Trinajstić information content (AvgIpc) is 3.09. The van der Waals surface area contributed by atoms with Crippen molar-refractivity contribution >= 4 is 27.4 Å². The van der Waals surface area contributed by atoms with Crippen molar-refractivity contribution in [3.63, 3.8) is 0 Å². The van der Waals surface area contributed by atoms with E-state index in [9.17, 15) is 0 Å². The number of nitrogens with one attached hydrogen (secondary N) is 1. The third-order valence-electron chi connectivity index (χ3n) is 5.04. The summed E-state index contributed by atoms with van der Waals surface area (Å²) in [4.78, 5) is 18.2. The van der Waals surface area contributed by atoms with Crippen LogP contribution in [0, 0.1) is 6.92 Å². The van der Waals surface area contributed by atoms with Crippen molar-refractivity contribution in [2.45, 2.75) is 31.8 Å². The highest BCUT2D eigenvalue weighted by Gasteiger charge is 2.25. The summed E-state index contributed by atoms with van der Waals surface area (Å²) >= 11 is 1.73. The van der Waals surface area contributed by atoms with Gasteiger partial charge in [0.1, 0.15) is 17.0 Å². The first kappa shape index (κ1) is 18.3. The monoisotopic (exact) mass is 383 g/mol. The van der Waals surface area contributed by atoms with Crippen molar-refractivity contribution in [3.8, 4) is 0 Å². The van der Waals surface area contributed by atoms with Crippen LogP contribution in [0.3, 0.4) is 0 Å². The summed E-state index contributed by atoms with van der Waals surface area (Å²) in [6.45, 7) is 4.72. The number of anilines is 1. The summed E-state index contributed by atoms with van der Waals surface area (Å²) in [5.41, 5.74) is 1.04. The van der Waals surface area contributed by atoms with Gasteiger partial charge in [-0.3, -0.25) is 4.98 Å². The van der Waals surface area contributed by atoms with Crippen LogP contribution in [0.4, 0.5) is 5.82 Å². The number of rotatable bonds is 6. The topological polar surface area (TPSA) is 63.2 Å². The van der Waals surface area contributed by atoms with Crippen LogP contribution in [-0.4, -0.2) is 47.8 Å². The molecule has 0 amide bonds. The molecular weight excluding hydrogens is 358 g/mol. The normalized spacial score (nSPS) is 16.7. The number of thiophene rings is 1. The Hall–Kier alpha value is -2.09. The fourth-order valence-electron chi connectivity index (χ4n) is 3.73. The first-order valence-electron chi connectivity index (χ1n) is 9.36. The summed E-state index contributed by atoms with van der Waals surface area (Å²) in [6.07, 6.45) is 5.67. The molecule has 1 unspecified atom stereocenters. The van der Waals surface area contributed by atoms with Gasteiger partial charge in [0.05, 0.1) is 23.7 Å². The lowest BCUT2D eigenvalue weighted by Gasteiger charge is -2.35. The average molecular weight is 384 g/mol. The maximum absolute atomic E-state index is 5.41. The summed E-state index contributed by atoms with van der Waals surface area (Å²) in [6, 6.07) is 8.80. The predicted octanol–water partition coefficient (Wildman–Crippen LogP) is 3.34. The zero-order valence-corrected chi connectivity index (χ0v) is 16.6. The Kier molecular flexibility index (Phi) is 5.61. The van der Waals surface area contributed by atoms with E-state index in [4.69, 9.17) is 4.74 Å². The molecule has 1 aliphatic rings. The van der Waals surface area contributed by atoms with Crippen LogP contribution >= 0.6 is 11.3 Å². The number of hydrogen-bond acceptors (Lipinski definition) is 7. The second kappa shape index (κ2) is 8.29. The quantitative estimate of drug-likeness (QED) is 0.704. The number of hydrogen-bond donors (Lipinski definition) is 1. The summed E-state index contributed by atoms with van der Waals surface area (Å²) in [5, 5.41) is 4.92. The molecule has 0 saturated carbocycles. The van der Waals surface area contributed by atoms with E-state index in [1.54, 1.807) is 24.8 Å². The van der Waals surface area contributed by atoms with E-state index in [1.807, 2.05) is 18.3 Å². The molecule has 0 bridgehead atoms. The first-order chi connectivity index (χ1) is 13.2. The molecule has 0 aromatic carbocycles. The number of nitrogens with zero attached hydrogens (tertiary/aromatic N) is 4. The summed E-state index contributed by atoms with van der Waals surface area (Å²) in [5.74, 6) is 1.07. The second-order valence-electron chi connectivity index (χ2n) is 6.96. The predicted molar refractivity (Wildman–Crippen MR) is 109 cm³/mol. The number of aryl methyl sites for hydroxylation is 1. The van der Waals surface area contributed by atoms with Crippen LogP contribution in [0.2, 0.25) is 0 Å². The molecule has 1 N–H and O–H groups in total. The molecule has 0 radical (unpaired) electrons. The number of ether oxygens (including phenoxy) is 1. The second-order valence-corrected chi connectivity index (χ2v) is 8.20. The fourth-order valence-corrected chi connectivity index (χ4v) is 4.57. The van der Waals surface area contributed by atoms with Crippen LogP contribution in [0.1, 0.15) is 29.5 Å². The van der Waals surface area contributed by atoms with Gasteiger partial charge in [0.15, 0.2) is 0 Å². The van der Waals surface area contributed by atoms with Crippen molar-refractivity contribution in [1.29, 1.82) is 0 Å². The number of aromatic nitrogens is 3. The standard InChI is InChI=1S/C20H25N5OS/c1-14-11-16-19(22-13-23-20(16)27-14)25-9-6-15(7-10-25)24-18(12-26-2)17-5-3-4-8-21-17/h3-5,8,11,13,15,18,24H,6-7,9-10,12H2,1-2H3. The van der Waals surface area contributed by atoms with Gasteiger partial charge < -0.3 is 15.0 Å². The number of pyridine rings is 1. The Morgan fingerprint density at radius 2 is 2.11 bits per heavy atom. The molecule has 27 heavy (non-hydrogen) atoms. The molecule has 1 saturated heterocycles. The Morgan fingerprint density at radius 3 is 2.85 bits per heavy atom. The highest BCUT2D eigenvalue weighted by atomic mass is 32.1. The van der Waals surface area contributed by atoms with Gasteiger partial charge in [-0.25, -0.2) is 9.97 Å². The van der Waals surface area contributed by atoms with Gasteiger partial charge >= 0.3 is 0 Å². The highest BCUT2D eigenvalue weighted by molar-refractivity contribution is 7.18. The largest absolute Gasteiger partial charge is 0.383 e. The Labute approximate surface area is 163 Å². The number of piperidine rings is 1. The van der Waals surface area contributed by atoms with E-state index in [2.05, 4.69) is 44.2 Å². The van der Waals surface area contributed by atoms with Crippen LogP contribution in [0.15, 0.2) is 36.8 Å². The van der Waals surface area contributed by atoms with Crippen molar-refractivity contribution in [1.82, 2.24) is 20.3 Å². The number of methoxy groups -OCH3 is 1. The Morgan fingerprint density at radius 1 is 1.26 bits per heavy atom. The van der Waals surface area contributed by atoms with Gasteiger partial charge in [-0.2, -0.15) is 0 Å². The Bertz CT molecular complexity index is 876. The first-order valence-corrected chi connectivity index (χ1v) is 10.2. The minimum Gasteiger partial charge on any atom is -0.383 e. The van der Waals surface area contributed by atoms with Crippen molar-refractivity contribution < 1.29 is 4.74 Å². The summed E-state index contributed by atoms with van der Waals surface area (Å²) < 4.78 is 5.41. The van der Waals surface area contributed by atoms with E-state index >= 15 is 0 Å². The smallest absolute Gasteiger partial charge is 0.140 e. The third kappa shape index (κ3) is 4.10. The minimum absolute atomic E-state index is 0.123. The lowest BCUT2D eigenvalue weighted by Crippen LogP contribution is -2.45. The van der Waals surface area contributed by atoms with Gasteiger partial charge in [-0.15, -0.1) is 11.3 Å². The van der Waals surface area contributed by atoms with E-state index in [0.29, 0.717) is 12.6 Å². The molecule has 0 aliphatic carbocycles. The molecule has 3 aromatic heterocycles. The van der Waals surface area contributed by atoms with Gasteiger partial charge in [0.25, 0.3) is 0 Å². The molecule has 7 heteroatoms. The molecule has 1 aliphatic heterocycles. The van der Waals surface area contributed by atoms with Gasteiger partial charge in [0, 0.05) is 37.3 Å². The molecule has 3 aromatic rings. The lowest BCUT2D eigenvalue weighted by molar-refractivity contribution is 0.156. The number of fused-ring (bicyclic) bond motifs is 1. The fraction of sp³-hybridized carbons (Fsp3) is 0.450. The molecular formula is C20H25N5OS. The molecule has 142 valence electrons. The van der Waals surface area contributed by atoms with Crippen LogP contribution in [-0.2, 0) is 4.74 Å². The van der Waals surface area contributed by atoms with Crippen LogP contribution in [0.5, 0.6) is 0 Å². The van der Waals surface area contributed by atoms with Gasteiger partial charge in [0.2, 0.25) is 0 Å². The van der Waals surface area contributed by atoms with Crippen LogP contribution < -0.4 is 10.2 Å². The molecule has 4 heterocycles. The molecule has 6 nitrogen and oxygen atoms in total. The zero-order chi connectivity index (χ0) is 18.6. The molecule has 1 atom stereocenters. The molecule has 0 spiro atoms. The summed E-state index contributed by atoms with van der Waals surface area (Å²) in [7, 11) is 1.74. The van der Waals surface area contributed by atoms with E-state index in [-0.39, 0.29) is 6.04 Å². The van der Waals surface area contributed by atoms with Crippen molar-refractivity contribution in [3.05, 3.63) is 47.4 Å². The maximum atomic E-state index is 5.41.